The lowest BCUT2D eigenvalue weighted by molar-refractivity contribution is -0.111. The van der Waals surface area contributed by atoms with E-state index in [1.165, 1.54) is 17.0 Å². The van der Waals surface area contributed by atoms with Crippen LogP contribution in [0.3, 0.4) is 0 Å². The maximum absolute atomic E-state index is 12.4. The van der Waals surface area contributed by atoms with E-state index in [2.05, 4.69) is 31.8 Å². The Bertz CT molecular complexity index is 1090. The number of nitrogens with two attached hydrogens (primary N) is 1. The topological polar surface area (TPSA) is 117 Å². The molecule has 4 N–H and O–H groups in total. The summed E-state index contributed by atoms with van der Waals surface area (Å²) in [5, 5.41) is 12.0. The Labute approximate surface area is 169 Å². The number of hydrazone groups is 1. The highest BCUT2D eigenvalue weighted by Gasteiger charge is 2.31. The minimum atomic E-state index is -3.92. The van der Waals surface area contributed by atoms with E-state index in [0.717, 1.165) is 4.47 Å². The van der Waals surface area contributed by atoms with Gasteiger partial charge in [-0.05, 0) is 42.5 Å². The third-order valence-electron chi connectivity index (χ3n) is 3.79. The number of sulfonamides is 1. The second-order valence-corrected chi connectivity index (χ2v) is 8.45. The van der Waals surface area contributed by atoms with E-state index in [4.69, 9.17) is 17.4 Å². The fourth-order valence-electron chi connectivity index (χ4n) is 2.55. The Kier molecular flexibility index (Phi) is 5.29. The molecule has 27 heavy (non-hydrogen) atoms. The van der Waals surface area contributed by atoms with Crippen LogP contribution in [0.2, 0.25) is 0 Å². The summed E-state index contributed by atoms with van der Waals surface area (Å²) in [7, 11) is -2.27. The van der Waals surface area contributed by atoms with E-state index in [1.807, 2.05) is 6.07 Å². The van der Waals surface area contributed by atoms with E-state index in [1.54, 1.807) is 31.3 Å². The molecule has 2 aromatic carbocycles. The summed E-state index contributed by atoms with van der Waals surface area (Å²) in [6, 6.07) is 11.4. The van der Waals surface area contributed by atoms with Crippen LogP contribution in [0, 0.1) is 0 Å². The van der Waals surface area contributed by atoms with Crippen LogP contribution in [0.5, 0.6) is 0 Å². The Morgan fingerprint density at radius 2 is 1.96 bits per heavy atom. The number of carbonyl (C=O) groups is 1. The van der Waals surface area contributed by atoms with Crippen LogP contribution in [-0.2, 0) is 14.8 Å². The van der Waals surface area contributed by atoms with Crippen molar-refractivity contribution in [3.8, 4) is 0 Å². The SMILES string of the molecule is CN1C(=O)C(=NNC(=S)Nc2ccccc2S(N)(=O)=O)c2ccc(Br)cc21. The maximum Gasteiger partial charge on any atom is 0.279 e. The monoisotopic (exact) mass is 467 g/mol. The summed E-state index contributed by atoms with van der Waals surface area (Å²) in [6.45, 7) is 0. The predicted molar refractivity (Wildman–Crippen MR) is 111 cm³/mol. The molecular weight excluding hydrogens is 454 g/mol. The Morgan fingerprint density at radius 1 is 1.26 bits per heavy atom. The van der Waals surface area contributed by atoms with Crippen LogP contribution in [0.25, 0.3) is 0 Å². The van der Waals surface area contributed by atoms with Crippen LogP contribution < -0.4 is 20.8 Å². The second kappa shape index (κ2) is 7.35. The van der Waals surface area contributed by atoms with Crippen molar-refractivity contribution in [2.24, 2.45) is 10.2 Å². The summed E-state index contributed by atoms with van der Waals surface area (Å²) in [5.74, 6) is -0.289. The zero-order chi connectivity index (χ0) is 19.8. The van der Waals surface area contributed by atoms with Crippen molar-refractivity contribution in [2.45, 2.75) is 4.90 Å². The number of primary sulfonamides is 1. The molecule has 0 aliphatic carbocycles. The van der Waals surface area contributed by atoms with Gasteiger partial charge in [0, 0.05) is 17.1 Å². The van der Waals surface area contributed by atoms with E-state index in [0.29, 0.717) is 11.3 Å². The van der Waals surface area contributed by atoms with Crippen LogP contribution >= 0.6 is 28.1 Å². The molecule has 1 aliphatic rings. The van der Waals surface area contributed by atoms with Gasteiger partial charge in [0.15, 0.2) is 10.8 Å². The zero-order valence-corrected chi connectivity index (χ0v) is 17.2. The van der Waals surface area contributed by atoms with Gasteiger partial charge in [0.1, 0.15) is 4.90 Å². The number of rotatable bonds is 3. The summed E-state index contributed by atoms with van der Waals surface area (Å²) in [6.07, 6.45) is 0. The minimum Gasteiger partial charge on any atom is -0.330 e. The quantitative estimate of drug-likeness (QED) is 0.467. The molecule has 0 saturated heterocycles. The van der Waals surface area contributed by atoms with Gasteiger partial charge < -0.3 is 10.2 Å². The van der Waals surface area contributed by atoms with Crippen LogP contribution in [0.4, 0.5) is 11.4 Å². The maximum atomic E-state index is 12.4. The number of hydrogen-bond acceptors (Lipinski definition) is 5. The first-order valence-corrected chi connectivity index (χ1v) is 10.3. The van der Waals surface area contributed by atoms with E-state index < -0.39 is 10.0 Å². The molecule has 8 nitrogen and oxygen atoms in total. The van der Waals surface area contributed by atoms with Crippen molar-refractivity contribution < 1.29 is 13.2 Å². The van der Waals surface area contributed by atoms with Gasteiger partial charge in [-0.3, -0.25) is 10.2 Å². The number of nitrogens with zero attached hydrogens (tertiary/aromatic N) is 2. The van der Waals surface area contributed by atoms with Crippen molar-refractivity contribution in [1.29, 1.82) is 0 Å². The molecular formula is C16H14BrN5O3S2. The highest BCUT2D eigenvalue weighted by Crippen LogP contribution is 2.30. The fourth-order valence-corrected chi connectivity index (χ4v) is 3.75. The largest absolute Gasteiger partial charge is 0.330 e. The number of halogens is 1. The number of nitrogens with one attached hydrogen (secondary N) is 2. The molecule has 3 rings (SSSR count). The van der Waals surface area contributed by atoms with Gasteiger partial charge >= 0.3 is 0 Å². The highest BCUT2D eigenvalue weighted by atomic mass is 79.9. The number of hydrogen-bond donors (Lipinski definition) is 3. The fraction of sp³-hybridized carbons (Fsp3) is 0.0625. The molecule has 2 aromatic rings. The second-order valence-electron chi connectivity index (χ2n) is 5.59. The number of para-hydroxylation sites is 1. The van der Waals surface area contributed by atoms with Crippen molar-refractivity contribution in [3.63, 3.8) is 0 Å². The normalized spacial score (nSPS) is 15.0. The molecule has 0 fully saturated rings. The average Bonchev–Trinajstić information content (AvgIpc) is 2.83. The number of fused-ring (bicyclic) bond motifs is 1. The van der Waals surface area contributed by atoms with Gasteiger partial charge in [-0.25, -0.2) is 13.6 Å². The van der Waals surface area contributed by atoms with Crippen LogP contribution in [0.15, 0.2) is 56.9 Å². The van der Waals surface area contributed by atoms with Gasteiger partial charge in [-0.2, -0.15) is 5.10 Å². The number of amides is 1. The van der Waals surface area contributed by atoms with Gasteiger partial charge in [0.05, 0.1) is 11.4 Å². The third kappa shape index (κ3) is 4.00. The third-order valence-corrected chi connectivity index (χ3v) is 5.45. The molecule has 0 aromatic heterocycles. The van der Waals surface area contributed by atoms with Gasteiger partial charge in [-0.15, -0.1) is 0 Å². The van der Waals surface area contributed by atoms with Crippen molar-refractivity contribution in [1.82, 2.24) is 5.43 Å². The van der Waals surface area contributed by atoms with Crippen LogP contribution in [-0.4, -0.2) is 32.2 Å². The lowest BCUT2D eigenvalue weighted by Crippen LogP contribution is -2.30. The van der Waals surface area contributed by atoms with Crippen LogP contribution in [0.1, 0.15) is 5.56 Å². The highest BCUT2D eigenvalue weighted by molar-refractivity contribution is 9.10. The first-order valence-electron chi connectivity index (χ1n) is 7.53. The van der Waals surface area contributed by atoms with E-state index in [-0.39, 0.29) is 27.3 Å². The molecule has 1 amide bonds. The van der Waals surface area contributed by atoms with Crippen molar-refractivity contribution in [3.05, 3.63) is 52.5 Å². The molecule has 0 atom stereocenters. The first kappa shape index (κ1) is 19.4. The van der Waals surface area contributed by atoms with Gasteiger partial charge in [-0.1, -0.05) is 28.1 Å². The molecule has 0 bridgehead atoms. The molecule has 0 radical (unpaired) electrons. The number of anilines is 2. The Balaban J connectivity index is 1.82. The number of thiocarbonyl (C=S) groups is 1. The predicted octanol–water partition coefficient (Wildman–Crippen LogP) is 1.76. The molecule has 1 aliphatic heterocycles. The zero-order valence-electron chi connectivity index (χ0n) is 13.9. The lowest BCUT2D eigenvalue weighted by Gasteiger charge is -2.11. The summed E-state index contributed by atoms with van der Waals surface area (Å²) >= 11 is 8.51. The lowest BCUT2D eigenvalue weighted by atomic mass is 10.1. The summed E-state index contributed by atoms with van der Waals surface area (Å²) < 4.78 is 24.1. The van der Waals surface area contributed by atoms with E-state index >= 15 is 0 Å². The minimum absolute atomic E-state index is 0.0135. The molecule has 0 unspecified atom stereocenters. The standard InChI is InChI=1S/C16H14BrN5O3S2/c1-22-12-8-9(17)6-7-10(12)14(15(22)23)20-21-16(26)19-11-4-2-3-5-13(11)27(18,24)25/h2-8H,1H3,(H2,18,24,25)(H2,19,21,26). The number of likely N-dealkylation sites (N-methyl/N-ethyl adjacent to an activating group) is 1. The van der Waals surface area contributed by atoms with Gasteiger partial charge in [0.25, 0.3) is 5.91 Å². The molecule has 0 spiro atoms. The first-order chi connectivity index (χ1) is 12.7. The smallest absolute Gasteiger partial charge is 0.279 e. The molecule has 0 saturated carbocycles. The Morgan fingerprint density at radius 3 is 2.67 bits per heavy atom. The van der Waals surface area contributed by atoms with Crippen molar-refractivity contribution in [2.75, 3.05) is 17.3 Å². The van der Waals surface area contributed by atoms with Gasteiger partial charge in [0.2, 0.25) is 10.0 Å². The molecule has 1 heterocycles. The summed E-state index contributed by atoms with van der Waals surface area (Å²) in [5.41, 5.74) is 4.35. The van der Waals surface area contributed by atoms with Crippen molar-refractivity contribution >= 4 is 66.3 Å². The van der Waals surface area contributed by atoms with E-state index in [9.17, 15) is 13.2 Å². The summed E-state index contributed by atoms with van der Waals surface area (Å²) in [4.78, 5) is 13.8. The molecule has 11 heteroatoms. The number of carbonyl (C=O) groups excluding carboxylic acids is 1. The molecule has 140 valence electrons. The average molecular weight is 468 g/mol. The number of benzene rings is 2. The Hall–Kier alpha value is -2.34.